The highest BCUT2D eigenvalue weighted by Crippen LogP contribution is 2.16. The second-order valence-corrected chi connectivity index (χ2v) is 4.69. The van der Waals surface area contributed by atoms with E-state index in [2.05, 4.69) is 16.9 Å². The van der Waals surface area contributed by atoms with E-state index in [4.69, 9.17) is 10.5 Å². The van der Waals surface area contributed by atoms with E-state index in [0.717, 1.165) is 38.3 Å². The summed E-state index contributed by atoms with van der Waals surface area (Å²) < 4.78 is 7.29. The van der Waals surface area contributed by atoms with Gasteiger partial charge in [0.15, 0.2) is 0 Å². The van der Waals surface area contributed by atoms with Crippen molar-refractivity contribution in [1.29, 1.82) is 0 Å². The van der Waals surface area contributed by atoms with Crippen LogP contribution in [0, 0.1) is 0 Å². The van der Waals surface area contributed by atoms with Gasteiger partial charge in [-0.3, -0.25) is 9.58 Å². The number of aryl methyl sites for hydroxylation is 1. The van der Waals surface area contributed by atoms with E-state index in [0.29, 0.717) is 6.04 Å². The van der Waals surface area contributed by atoms with Gasteiger partial charge in [-0.15, -0.1) is 0 Å². The molecule has 0 amide bonds. The first-order chi connectivity index (χ1) is 8.20. The van der Waals surface area contributed by atoms with Crippen LogP contribution in [0.25, 0.3) is 0 Å². The number of aromatic nitrogens is 2. The van der Waals surface area contributed by atoms with Crippen LogP contribution in [0.2, 0.25) is 0 Å². The lowest BCUT2D eigenvalue weighted by molar-refractivity contribution is -0.0110. The molecule has 0 bridgehead atoms. The standard InChI is InChI=1S/C12H22N4O/c1-3-11-9-17-5-4-16(11)8-12(13)10-6-14-15(2)7-10/h6-7,11-12H,3-5,8-9,13H2,1-2H3. The molecule has 1 saturated heterocycles. The Morgan fingerprint density at radius 1 is 1.65 bits per heavy atom. The molecule has 1 aromatic heterocycles. The first-order valence-corrected chi connectivity index (χ1v) is 6.26. The number of hydrogen-bond acceptors (Lipinski definition) is 4. The maximum absolute atomic E-state index is 6.22. The molecule has 1 fully saturated rings. The van der Waals surface area contributed by atoms with E-state index in [1.165, 1.54) is 0 Å². The van der Waals surface area contributed by atoms with Crippen molar-refractivity contribution in [1.82, 2.24) is 14.7 Å². The van der Waals surface area contributed by atoms with Gasteiger partial charge in [0, 0.05) is 44.0 Å². The highest BCUT2D eigenvalue weighted by atomic mass is 16.5. The number of nitrogens with two attached hydrogens (primary N) is 1. The summed E-state index contributed by atoms with van der Waals surface area (Å²) in [4.78, 5) is 2.43. The van der Waals surface area contributed by atoms with E-state index in [1.807, 2.05) is 19.4 Å². The Balaban J connectivity index is 1.94. The van der Waals surface area contributed by atoms with Crippen LogP contribution in [0.3, 0.4) is 0 Å². The molecule has 2 atom stereocenters. The first kappa shape index (κ1) is 12.5. The topological polar surface area (TPSA) is 56.3 Å². The van der Waals surface area contributed by atoms with Crippen molar-refractivity contribution in [2.75, 3.05) is 26.3 Å². The molecule has 2 rings (SSSR count). The third-order valence-electron chi connectivity index (χ3n) is 3.40. The molecule has 0 spiro atoms. The number of rotatable bonds is 4. The summed E-state index contributed by atoms with van der Waals surface area (Å²) in [6.45, 7) is 5.70. The van der Waals surface area contributed by atoms with Gasteiger partial charge in [-0.2, -0.15) is 5.10 Å². The predicted molar refractivity (Wildman–Crippen MR) is 66.6 cm³/mol. The summed E-state index contributed by atoms with van der Waals surface area (Å²) in [6.07, 6.45) is 4.96. The molecule has 1 aliphatic rings. The molecule has 0 aromatic carbocycles. The zero-order valence-electron chi connectivity index (χ0n) is 10.7. The molecule has 0 aliphatic carbocycles. The van der Waals surface area contributed by atoms with Crippen molar-refractivity contribution in [3.63, 3.8) is 0 Å². The van der Waals surface area contributed by atoms with Crippen molar-refractivity contribution >= 4 is 0 Å². The molecule has 0 radical (unpaired) electrons. The minimum absolute atomic E-state index is 0.0378. The Morgan fingerprint density at radius 3 is 3.12 bits per heavy atom. The van der Waals surface area contributed by atoms with Gasteiger partial charge < -0.3 is 10.5 Å². The Kier molecular flexibility index (Phi) is 4.15. The fraction of sp³-hybridized carbons (Fsp3) is 0.750. The van der Waals surface area contributed by atoms with Gasteiger partial charge >= 0.3 is 0 Å². The third kappa shape index (κ3) is 3.06. The van der Waals surface area contributed by atoms with Gasteiger partial charge in [0.2, 0.25) is 0 Å². The Bertz CT molecular complexity index is 352. The molecule has 2 heterocycles. The van der Waals surface area contributed by atoms with Crippen LogP contribution in [-0.2, 0) is 11.8 Å². The van der Waals surface area contributed by atoms with Crippen molar-refractivity contribution in [3.8, 4) is 0 Å². The molecule has 17 heavy (non-hydrogen) atoms. The summed E-state index contributed by atoms with van der Waals surface area (Å²) in [5.74, 6) is 0. The zero-order chi connectivity index (χ0) is 12.3. The van der Waals surface area contributed by atoms with Crippen molar-refractivity contribution in [2.24, 2.45) is 12.8 Å². The van der Waals surface area contributed by atoms with Crippen LogP contribution in [0.4, 0.5) is 0 Å². The second kappa shape index (κ2) is 5.62. The molecular formula is C12H22N4O. The highest BCUT2D eigenvalue weighted by molar-refractivity contribution is 5.10. The lowest BCUT2D eigenvalue weighted by Gasteiger charge is -2.36. The lowest BCUT2D eigenvalue weighted by atomic mass is 10.1. The van der Waals surface area contributed by atoms with Crippen LogP contribution in [0.15, 0.2) is 12.4 Å². The molecule has 5 nitrogen and oxygen atoms in total. The van der Waals surface area contributed by atoms with E-state index in [-0.39, 0.29) is 6.04 Å². The molecule has 2 N–H and O–H groups in total. The fourth-order valence-electron chi connectivity index (χ4n) is 2.30. The lowest BCUT2D eigenvalue weighted by Crippen LogP contribution is -2.47. The van der Waals surface area contributed by atoms with Gasteiger partial charge in [-0.05, 0) is 6.42 Å². The monoisotopic (exact) mass is 238 g/mol. The molecule has 2 unspecified atom stereocenters. The SMILES string of the molecule is CCC1COCCN1CC(N)c1cnn(C)c1. The summed E-state index contributed by atoms with van der Waals surface area (Å²) in [7, 11) is 1.92. The van der Waals surface area contributed by atoms with Crippen LogP contribution in [0.1, 0.15) is 24.9 Å². The van der Waals surface area contributed by atoms with E-state index >= 15 is 0 Å². The van der Waals surface area contributed by atoms with Crippen LogP contribution >= 0.6 is 0 Å². The number of morpholine rings is 1. The molecule has 96 valence electrons. The maximum Gasteiger partial charge on any atom is 0.0622 e. The van der Waals surface area contributed by atoms with E-state index in [9.17, 15) is 0 Å². The average molecular weight is 238 g/mol. The molecule has 1 aromatic rings. The first-order valence-electron chi connectivity index (χ1n) is 6.26. The third-order valence-corrected chi connectivity index (χ3v) is 3.40. The van der Waals surface area contributed by atoms with Crippen LogP contribution in [-0.4, -0.2) is 47.0 Å². The fourth-order valence-corrected chi connectivity index (χ4v) is 2.30. The van der Waals surface area contributed by atoms with Crippen molar-refractivity contribution in [2.45, 2.75) is 25.4 Å². The van der Waals surface area contributed by atoms with Gasteiger partial charge in [0.25, 0.3) is 0 Å². The summed E-state index contributed by atoms with van der Waals surface area (Å²) in [5, 5.41) is 4.16. The minimum Gasteiger partial charge on any atom is -0.378 e. The molecule has 0 saturated carbocycles. The number of hydrogen-bond donors (Lipinski definition) is 1. The number of ether oxygens (including phenoxy) is 1. The Morgan fingerprint density at radius 2 is 2.47 bits per heavy atom. The zero-order valence-corrected chi connectivity index (χ0v) is 10.7. The van der Waals surface area contributed by atoms with Gasteiger partial charge in [-0.25, -0.2) is 0 Å². The summed E-state index contributed by atoms with van der Waals surface area (Å²) in [6, 6.07) is 0.544. The van der Waals surface area contributed by atoms with Gasteiger partial charge in [0.1, 0.15) is 0 Å². The quantitative estimate of drug-likeness (QED) is 0.831. The van der Waals surface area contributed by atoms with Crippen LogP contribution in [0.5, 0.6) is 0 Å². The highest BCUT2D eigenvalue weighted by Gasteiger charge is 2.23. The largest absolute Gasteiger partial charge is 0.378 e. The van der Waals surface area contributed by atoms with Crippen LogP contribution < -0.4 is 5.73 Å². The van der Waals surface area contributed by atoms with Gasteiger partial charge in [0.05, 0.1) is 19.4 Å². The van der Waals surface area contributed by atoms with Crippen molar-refractivity contribution in [3.05, 3.63) is 18.0 Å². The molecule has 1 aliphatic heterocycles. The maximum atomic E-state index is 6.22. The average Bonchev–Trinajstić information content (AvgIpc) is 2.77. The smallest absolute Gasteiger partial charge is 0.0622 e. The molecule has 5 heteroatoms. The summed E-state index contributed by atoms with van der Waals surface area (Å²) >= 11 is 0. The Labute approximate surface area is 103 Å². The Hall–Kier alpha value is -0.910. The second-order valence-electron chi connectivity index (χ2n) is 4.69. The minimum atomic E-state index is 0.0378. The number of nitrogens with zero attached hydrogens (tertiary/aromatic N) is 3. The van der Waals surface area contributed by atoms with Gasteiger partial charge in [-0.1, -0.05) is 6.92 Å². The predicted octanol–water partition coefficient (Wildman–Crippen LogP) is 0.531. The van der Waals surface area contributed by atoms with E-state index < -0.39 is 0 Å². The normalized spacial score (nSPS) is 23.8. The van der Waals surface area contributed by atoms with Crippen molar-refractivity contribution < 1.29 is 4.74 Å². The van der Waals surface area contributed by atoms with E-state index in [1.54, 1.807) is 4.68 Å². The summed E-state index contributed by atoms with van der Waals surface area (Å²) in [5.41, 5.74) is 7.33. The molecular weight excluding hydrogens is 216 g/mol.